The normalized spacial score (nSPS) is 14.8. The maximum absolute atomic E-state index is 13.0. The molecule has 126 valence electrons. The predicted molar refractivity (Wildman–Crippen MR) is 87.8 cm³/mol. The van der Waals surface area contributed by atoms with E-state index in [2.05, 4.69) is 4.98 Å². The van der Waals surface area contributed by atoms with Gasteiger partial charge in [-0.2, -0.15) is 4.31 Å². The maximum atomic E-state index is 13.0. The molecule has 1 aromatic heterocycles. The fourth-order valence-corrected chi connectivity index (χ4v) is 4.33. The number of nitrogens with zero attached hydrogens (tertiary/aromatic N) is 3. The van der Waals surface area contributed by atoms with E-state index in [1.807, 2.05) is 0 Å². The molecule has 0 spiro atoms. The van der Waals surface area contributed by atoms with Crippen LogP contribution in [0.5, 0.6) is 0 Å². The number of pyridine rings is 1. The van der Waals surface area contributed by atoms with Gasteiger partial charge in [0.1, 0.15) is 0 Å². The molecule has 0 saturated heterocycles. The Morgan fingerprint density at radius 3 is 2.62 bits per heavy atom. The Bertz CT molecular complexity index is 864. The van der Waals surface area contributed by atoms with E-state index in [0.717, 1.165) is 12.8 Å². The van der Waals surface area contributed by atoms with Crippen molar-refractivity contribution < 1.29 is 13.3 Å². The number of benzene rings is 1. The quantitative estimate of drug-likeness (QED) is 0.591. The lowest BCUT2D eigenvalue weighted by molar-refractivity contribution is -0.387. The van der Waals surface area contributed by atoms with E-state index in [4.69, 9.17) is 0 Å². The van der Waals surface area contributed by atoms with E-state index in [9.17, 15) is 18.5 Å². The predicted octanol–water partition coefficient (Wildman–Crippen LogP) is 2.65. The van der Waals surface area contributed by atoms with Crippen molar-refractivity contribution in [3.05, 3.63) is 64.0 Å². The first-order valence-corrected chi connectivity index (χ1v) is 9.00. The molecule has 7 nitrogen and oxygen atoms in total. The second-order valence-corrected chi connectivity index (χ2v) is 7.69. The highest BCUT2D eigenvalue weighted by Crippen LogP contribution is 2.36. The largest absolute Gasteiger partial charge is 0.289 e. The molecule has 1 aliphatic carbocycles. The molecule has 1 aliphatic rings. The second-order valence-electron chi connectivity index (χ2n) is 5.83. The molecule has 0 atom stereocenters. The Kier molecular flexibility index (Phi) is 4.33. The highest BCUT2D eigenvalue weighted by atomic mass is 32.2. The molecule has 24 heavy (non-hydrogen) atoms. The summed E-state index contributed by atoms with van der Waals surface area (Å²) in [4.78, 5) is 14.6. The number of hydrogen-bond acceptors (Lipinski definition) is 5. The Hall–Kier alpha value is -2.32. The Labute approximate surface area is 140 Å². The van der Waals surface area contributed by atoms with Gasteiger partial charge in [0.25, 0.3) is 15.7 Å². The molecule has 0 aliphatic heterocycles. The van der Waals surface area contributed by atoms with Crippen molar-refractivity contribution in [3.8, 4) is 0 Å². The SMILES string of the molecule is Cc1ccc(S(=O)(=O)N(Cc2ccccn2)C2CC2)c([N+](=O)[O-])c1. The molecule has 0 unspecified atom stereocenters. The van der Waals surface area contributed by atoms with Crippen LogP contribution >= 0.6 is 0 Å². The average Bonchev–Trinajstić information content (AvgIpc) is 3.37. The van der Waals surface area contributed by atoms with Gasteiger partial charge in [-0.15, -0.1) is 0 Å². The number of sulfonamides is 1. The van der Waals surface area contributed by atoms with Gasteiger partial charge in [-0.1, -0.05) is 12.1 Å². The molecule has 0 N–H and O–H groups in total. The molecule has 1 saturated carbocycles. The number of hydrogen-bond donors (Lipinski definition) is 0. The maximum Gasteiger partial charge on any atom is 0.289 e. The third-order valence-electron chi connectivity index (χ3n) is 3.90. The summed E-state index contributed by atoms with van der Waals surface area (Å²) in [5.74, 6) is 0. The van der Waals surface area contributed by atoms with Gasteiger partial charge in [0.2, 0.25) is 0 Å². The van der Waals surface area contributed by atoms with E-state index in [1.165, 1.54) is 16.4 Å². The van der Waals surface area contributed by atoms with E-state index in [-0.39, 0.29) is 23.2 Å². The zero-order valence-corrected chi connectivity index (χ0v) is 13.9. The monoisotopic (exact) mass is 347 g/mol. The van der Waals surface area contributed by atoms with Gasteiger partial charge >= 0.3 is 0 Å². The fourth-order valence-electron chi connectivity index (χ4n) is 2.54. The zero-order valence-electron chi connectivity index (χ0n) is 13.1. The molecule has 1 heterocycles. The molecule has 1 aromatic carbocycles. The smallest absolute Gasteiger partial charge is 0.260 e. The summed E-state index contributed by atoms with van der Waals surface area (Å²) in [6, 6.07) is 9.34. The standard InChI is InChI=1S/C16H17N3O4S/c1-12-5-8-16(15(10-12)19(20)21)24(22,23)18(14-6-7-14)11-13-4-2-3-9-17-13/h2-5,8-10,14H,6-7,11H2,1H3. The summed E-state index contributed by atoms with van der Waals surface area (Å²) >= 11 is 0. The van der Waals surface area contributed by atoms with Crippen LogP contribution in [0.4, 0.5) is 5.69 Å². The van der Waals surface area contributed by atoms with Gasteiger partial charge in [-0.05, 0) is 43.5 Å². The van der Waals surface area contributed by atoms with Crippen molar-refractivity contribution in [1.29, 1.82) is 0 Å². The lowest BCUT2D eigenvalue weighted by atomic mass is 10.2. The first-order valence-electron chi connectivity index (χ1n) is 7.56. The number of nitro benzene ring substituents is 1. The van der Waals surface area contributed by atoms with Crippen molar-refractivity contribution in [2.75, 3.05) is 0 Å². The summed E-state index contributed by atoms with van der Waals surface area (Å²) in [5, 5.41) is 11.3. The van der Waals surface area contributed by atoms with Crippen molar-refractivity contribution >= 4 is 15.7 Å². The molecule has 0 bridgehead atoms. The van der Waals surface area contributed by atoms with Gasteiger partial charge in [0.15, 0.2) is 4.90 Å². The topological polar surface area (TPSA) is 93.4 Å². The van der Waals surface area contributed by atoms with Crippen LogP contribution in [-0.2, 0) is 16.6 Å². The van der Waals surface area contributed by atoms with Crippen LogP contribution in [-0.4, -0.2) is 28.7 Å². The molecule has 2 aromatic rings. The van der Waals surface area contributed by atoms with Crippen LogP contribution < -0.4 is 0 Å². The van der Waals surface area contributed by atoms with Gasteiger partial charge in [0.05, 0.1) is 17.2 Å². The summed E-state index contributed by atoms with van der Waals surface area (Å²) in [6.07, 6.45) is 3.11. The number of rotatable bonds is 6. The van der Waals surface area contributed by atoms with Crippen molar-refractivity contribution in [2.24, 2.45) is 0 Å². The van der Waals surface area contributed by atoms with Crippen molar-refractivity contribution in [2.45, 2.75) is 37.2 Å². The van der Waals surface area contributed by atoms with Gasteiger partial charge in [-0.25, -0.2) is 8.42 Å². The lowest BCUT2D eigenvalue weighted by Crippen LogP contribution is -2.33. The summed E-state index contributed by atoms with van der Waals surface area (Å²) in [6.45, 7) is 1.80. The Morgan fingerprint density at radius 1 is 1.29 bits per heavy atom. The molecule has 0 amide bonds. The van der Waals surface area contributed by atoms with Crippen LogP contribution in [0.2, 0.25) is 0 Å². The van der Waals surface area contributed by atoms with Crippen LogP contribution in [0.15, 0.2) is 47.5 Å². The number of nitro groups is 1. The first kappa shape index (κ1) is 16.5. The van der Waals surface area contributed by atoms with Crippen molar-refractivity contribution in [1.82, 2.24) is 9.29 Å². The summed E-state index contributed by atoms with van der Waals surface area (Å²) < 4.78 is 27.4. The molecule has 0 radical (unpaired) electrons. The van der Waals surface area contributed by atoms with E-state index in [0.29, 0.717) is 11.3 Å². The molecular weight excluding hydrogens is 330 g/mol. The minimum Gasteiger partial charge on any atom is -0.260 e. The number of aromatic nitrogens is 1. The van der Waals surface area contributed by atoms with Crippen LogP contribution in [0.1, 0.15) is 24.1 Å². The molecule has 1 fully saturated rings. The van der Waals surface area contributed by atoms with Crippen LogP contribution in [0, 0.1) is 17.0 Å². The molecular formula is C16H17N3O4S. The summed E-state index contributed by atoms with van der Waals surface area (Å²) in [7, 11) is -3.98. The first-order chi connectivity index (χ1) is 11.4. The Morgan fingerprint density at radius 2 is 2.04 bits per heavy atom. The van der Waals surface area contributed by atoms with E-state index in [1.54, 1.807) is 37.4 Å². The molecule has 3 rings (SSSR count). The highest BCUT2D eigenvalue weighted by Gasteiger charge is 2.41. The average molecular weight is 347 g/mol. The van der Waals surface area contributed by atoms with E-state index < -0.39 is 14.9 Å². The fraction of sp³-hybridized carbons (Fsp3) is 0.312. The molecule has 8 heteroatoms. The van der Waals surface area contributed by atoms with Crippen molar-refractivity contribution in [3.63, 3.8) is 0 Å². The highest BCUT2D eigenvalue weighted by molar-refractivity contribution is 7.89. The van der Waals surface area contributed by atoms with Gasteiger partial charge < -0.3 is 0 Å². The van der Waals surface area contributed by atoms with Crippen LogP contribution in [0.3, 0.4) is 0 Å². The lowest BCUT2D eigenvalue weighted by Gasteiger charge is -2.21. The van der Waals surface area contributed by atoms with Crippen LogP contribution in [0.25, 0.3) is 0 Å². The van der Waals surface area contributed by atoms with E-state index >= 15 is 0 Å². The summed E-state index contributed by atoms with van der Waals surface area (Å²) in [5.41, 5.74) is 0.868. The van der Waals surface area contributed by atoms with Gasteiger partial charge in [-0.3, -0.25) is 15.1 Å². The number of aryl methyl sites for hydroxylation is 1. The second kappa shape index (κ2) is 6.29. The minimum atomic E-state index is -3.98. The third-order valence-corrected chi connectivity index (χ3v) is 5.84. The van der Waals surface area contributed by atoms with Gasteiger partial charge in [0, 0.05) is 18.3 Å². The zero-order chi connectivity index (χ0) is 17.3. The third kappa shape index (κ3) is 3.29. The minimum absolute atomic E-state index is 0.110. The Balaban J connectivity index is 2.03.